The number of carbonyl (C=O) groups excluding carboxylic acids is 2. The van der Waals surface area contributed by atoms with Crippen molar-refractivity contribution in [2.75, 3.05) is 5.73 Å². The van der Waals surface area contributed by atoms with E-state index < -0.39 is 51.5 Å². The predicted octanol–water partition coefficient (Wildman–Crippen LogP) is -1.76. The molecule has 0 spiro atoms. The van der Waals surface area contributed by atoms with Crippen LogP contribution in [0.3, 0.4) is 0 Å². The van der Waals surface area contributed by atoms with E-state index in [0.29, 0.717) is 6.42 Å². The number of nitrogen functional groups attached to an aromatic ring is 1. The summed E-state index contributed by atoms with van der Waals surface area (Å²) in [7, 11) is -4.92. The molecule has 2 aromatic rings. The standard InChI is InChI=1S/C16H18N8O8S2/c17-15-20-8(5-33-15)10(22-32-16(14(27)28)2-1-3-16)12(25)21-11-9(4-23-7-18-6-19-23)24(13(11)26)34(29,30)31/h5-7,9,11H,1-4H2,(H2,17,20)(H,21,25)(H,27,28)(H,29,30,31)/t9-,11+/m1/s1. The van der Waals surface area contributed by atoms with Gasteiger partial charge in [-0.15, -0.1) is 11.3 Å². The van der Waals surface area contributed by atoms with Crippen molar-refractivity contribution in [1.29, 1.82) is 0 Å². The molecule has 1 saturated carbocycles. The van der Waals surface area contributed by atoms with Gasteiger partial charge in [0, 0.05) is 18.2 Å². The van der Waals surface area contributed by atoms with Crippen LogP contribution in [0.1, 0.15) is 25.0 Å². The zero-order chi connectivity index (χ0) is 24.7. The Bertz CT molecular complexity index is 1250. The van der Waals surface area contributed by atoms with Crippen molar-refractivity contribution in [3.8, 4) is 0 Å². The molecule has 16 nitrogen and oxygen atoms in total. The normalized spacial score (nSPS) is 22.0. The van der Waals surface area contributed by atoms with E-state index in [4.69, 9.17) is 10.6 Å². The number of aromatic nitrogens is 4. The molecule has 3 heterocycles. The smallest absolute Gasteiger partial charge is 0.362 e. The maximum absolute atomic E-state index is 13.0. The van der Waals surface area contributed by atoms with Gasteiger partial charge in [-0.3, -0.25) is 18.8 Å². The summed E-state index contributed by atoms with van der Waals surface area (Å²) in [6, 6.07) is -2.62. The highest BCUT2D eigenvalue weighted by Gasteiger charge is 2.54. The number of hydrogen-bond acceptors (Lipinski definition) is 12. The molecular weight excluding hydrogens is 496 g/mol. The molecule has 1 aliphatic carbocycles. The van der Waals surface area contributed by atoms with E-state index >= 15 is 0 Å². The maximum atomic E-state index is 13.0. The molecule has 34 heavy (non-hydrogen) atoms. The Kier molecular flexibility index (Phi) is 5.96. The molecule has 1 aliphatic heterocycles. The highest BCUT2D eigenvalue weighted by atomic mass is 32.2. The second kappa shape index (κ2) is 8.61. The molecule has 4 rings (SSSR count). The van der Waals surface area contributed by atoms with Gasteiger partial charge in [0.15, 0.2) is 10.8 Å². The Morgan fingerprint density at radius 2 is 2.15 bits per heavy atom. The Hall–Kier alpha value is -3.64. The number of carboxylic acids is 1. The molecule has 0 unspecified atom stereocenters. The van der Waals surface area contributed by atoms with Crippen molar-refractivity contribution in [2.45, 2.75) is 43.5 Å². The molecule has 1 saturated heterocycles. The summed E-state index contributed by atoms with van der Waals surface area (Å²) in [5.41, 5.74) is 3.54. The van der Waals surface area contributed by atoms with Crippen molar-refractivity contribution in [3.63, 3.8) is 0 Å². The average molecular weight is 515 g/mol. The van der Waals surface area contributed by atoms with Crippen molar-refractivity contribution in [3.05, 3.63) is 23.7 Å². The fourth-order valence-corrected chi connectivity index (χ4v) is 4.86. The van der Waals surface area contributed by atoms with E-state index in [1.807, 2.05) is 0 Å². The van der Waals surface area contributed by atoms with E-state index in [9.17, 15) is 32.5 Å². The molecule has 0 bridgehead atoms. The molecule has 5 N–H and O–H groups in total. The largest absolute Gasteiger partial charge is 0.478 e. The van der Waals surface area contributed by atoms with Crippen LogP contribution in [0, 0.1) is 0 Å². The van der Waals surface area contributed by atoms with Crippen molar-refractivity contribution >= 4 is 50.3 Å². The number of carboxylic acid groups (broad SMARTS) is 1. The minimum atomic E-state index is -4.92. The molecule has 2 fully saturated rings. The zero-order valence-electron chi connectivity index (χ0n) is 17.1. The van der Waals surface area contributed by atoms with Crippen molar-refractivity contribution in [1.82, 2.24) is 29.4 Å². The lowest BCUT2D eigenvalue weighted by Crippen LogP contribution is -2.73. The molecule has 2 amide bonds. The number of aliphatic carboxylic acids is 1. The van der Waals surface area contributed by atoms with Gasteiger partial charge in [0.1, 0.15) is 24.4 Å². The third kappa shape index (κ3) is 4.29. The molecule has 0 radical (unpaired) electrons. The minimum absolute atomic E-state index is 0.0360. The summed E-state index contributed by atoms with van der Waals surface area (Å²) in [4.78, 5) is 49.9. The van der Waals surface area contributed by atoms with Gasteiger partial charge >= 0.3 is 16.3 Å². The first-order chi connectivity index (χ1) is 16.0. The monoisotopic (exact) mass is 514 g/mol. The van der Waals surface area contributed by atoms with E-state index in [-0.39, 0.29) is 34.5 Å². The topological polar surface area (TPSA) is 232 Å². The number of β-lactam (4-membered cyclic amide) rings is 1. The second-order valence-electron chi connectivity index (χ2n) is 7.50. The number of carbonyl (C=O) groups is 3. The van der Waals surface area contributed by atoms with Crippen LogP contribution in [0.5, 0.6) is 0 Å². The maximum Gasteiger partial charge on any atom is 0.362 e. The quantitative estimate of drug-likeness (QED) is 0.126. The fourth-order valence-electron chi connectivity index (χ4n) is 3.44. The molecule has 0 aromatic carbocycles. The van der Waals surface area contributed by atoms with Gasteiger partial charge in [0.05, 0.1) is 12.6 Å². The number of thiazole rings is 1. The second-order valence-corrected chi connectivity index (χ2v) is 9.68. The average Bonchev–Trinajstić information content (AvgIpc) is 3.38. The Labute approximate surface area is 195 Å². The number of rotatable bonds is 9. The number of nitrogens with one attached hydrogen (secondary N) is 1. The summed E-state index contributed by atoms with van der Waals surface area (Å²) >= 11 is 0.984. The number of hydrogen-bond donors (Lipinski definition) is 4. The van der Waals surface area contributed by atoms with Crippen LogP contribution >= 0.6 is 11.3 Å². The van der Waals surface area contributed by atoms with Crippen LogP contribution in [0.4, 0.5) is 5.13 Å². The minimum Gasteiger partial charge on any atom is -0.478 e. The van der Waals surface area contributed by atoms with Crippen LogP contribution in [0.2, 0.25) is 0 Å². The zero-order valence-corrected chi connectivity index (χ0v) is 18.8. The number of amides is 2. The summed E-state index contributed by atoms with van der Waals surface area (Å²) in [6.07, 6.45) is 3.40. The molecule has 2 aromatic heterocycles. The van der Waals surface area contributed by atoms with E-state index in [1.54, 1.807) is 0 Å². The van der Waals surface area contributed by atoms with Crippen LogP contribution in [0.15, 0.2) is 23.2 Å². The number of oxime groups is 1. The Morgan fingerprint density at radius 1 is 1.41 bits per heavy atom. The van der Waals surface area contributed by atoms with Crippen LogP contribution in [-0.4, -0.2) is 83.3 Å². The fraction of sp³-hybridized carbons (Fsp3) is 0.438. The summed E-state index contributed by atoms with van der Waals surface area (Å²) in [5, 5.41) is 20.8. The number of anilines is 1. The van der Waals surface area contributed by atoms with Crippen molar-refractivity contribution < 1.29 is 37.3 Å². The van der Waals surface area contributed by atoms with Gasteiger partial charge in [-0.1, -0.05) is 5.16 Å². The van der Waals surface area contributed by atoms with E-state index in [2.05, 4.69) is 25.5 Å². The van der Waals surface area contributed by atoms with Crippen molar-refractivity contribution in [2.24, 2.45) is 5.16 Å². The van der Waals surface area contributed by atoms with Gasteiger partial charge in [-0.2, -0.15) is 13.5 Å². The molecule has 2 atom stereocenters. The van der Waals surface area contributed by atoms with Gasteiger partial charge in [-0.25, -0.2) is 19.1 Å². The Morgan fingerprint density at radius 3 is 2.65 bits per heavy atom. The SMILES string of the molecule is Nc1nc(C(=NOC2(C(=O)O)CCC2)C(=O)N[C@@H]2C(=O)N(S(=O)(=O)O)[C@@H]2Cn2cncn2)cs1. The third-order valence-electron chi connectivity index (χ3n) is 5.39. The molecule has 2 aliphatic rings. The summed E-state index contributed by atoms with van der Waals surface area (Å²) in [5.74, 6) is -3.34. The Balaban J connectivity index is 1.59. The third-order valence-corrected chi connectivity index (χ3v) is 7.01. The van der Waals surface area contributed by atoms with Gasteiger partial charge in [-0.05, 0) is 6.42 Å². The van der Waals surface area contributed by atoms with Gasteiger partial charge in [0.25, 0.3) is 11.8 Å². The first kappa shape index (κ1) is 23.5. The highest BCUT2D eigenvalue weighted by Crippen LogP contribution is 2.36. The van der Waals surface area contributed by atoms with Gasteiger partial charge < -0.3 is 21.0 Å². The molecule has 182 valence electrons. The summed E-state index contributed by atoms with van der Waals surface area (Å²) < 4.78 is 34.1. The van der Waals surface area contributed by atoms with Crippen LogP contribution < -0.4 is 11.1 Å². The summed E-state index contributed by atoms with van der Waals surface area (Å²) in [6.45, 7) is -0.217. The molecule has 18 heteroatoms. The first-order valence-corrected chi connectivity index (χ1v) is 11.9. The number of nitrogens with zero attached hydrogens (tertiary/aromatic N) is 6. The van der Waals surface area contributed by atoms with Crippen LogP contribution in [-0.2, 0) is 36.1 Å². The number of nitrogens with two attached hydrogens (primary N) is 1. The molecular formula is C16H18N8O8S2. The lowest BCUT2D eigenvalue weighted by molar-refractivity contribution is -0.178. The first-order valence-electron chi connectivity index (χ1n) is 9.67. The van der Waals surface area contributed by atoms with E-state index in [0.717, 1.165) is 11.3 Å². The highest BCUT2D eigenvalue weighted by molar-refractivity contribution is 7.84. The predicted molar refractivity (Wildman–Crippen MR) is 113 cm³/mol. The lowest BCUT2D eigenvalue weighted by atomic mass is 9.80. The lowest BCUT2D eigenvalue weighted by Gasteiger charge is -2.43. The van der Waals surface area contributed by atoms with E-state index in [1.165, 1.54) is 22.7 Å². The van der Waals surface area contributed by atoms with Gasteiger partial charge in [0.2, 0.25) is 5.60 Å². The van der Waals surface area contributed by atoms with Crippen LogP contribution in [0.25, 0.3) is 0 Å².